The van der Waals surface area contributed by atoms with E-state index in [1.165, 1.54) is 10.9 Å². The Morgan fingerprint density at radius 2 is 2.00 bits per heavy atom. The number of amides is 1. The van der Waals surface area contributed by atoms with Crippen molar-refractivity contribution in [2.24, 2.45) is 0 Å². The van der Waals surface area contributed by atoms with Crippen LogP contribution < -0.4 is 10.9 Å². The molecule has 7 heteroatoms. The lowest BCUT2D eigenvalue weighted by molar-refractivity contribution is -0.122. The lowest BCUT2D eigenvalue weighted by Crippen LogP contribution is -2.38. The molecule has 7 nitrogen and oxygen atoms in total. The van der Waals surface area contributed by atoms with Crippen molar-refractivity contribution < 1.29 is 9.21 Å². The van der Waals surface area contributed by atoms with Crippen LogP contribution in [-0.4, -0.2) is 26.5 Å². The molecule has 3 aromatic heterocycles. The van der Waals surface area contributed by atoms with Crippen LogP contribution in [-0.2, 0) is 17.8 Å². The fourth-order valence-corrected chi connectivity index (χ4v) is 3.61. The van der Waals surface area contributed by atoms with Crippen molar-refractivity contribution in [3.05, 3.63) is 69.9 Å². The van der Waals surface area contributed by atoms with Gasteiger partial charge in [-0.05, 0) is 44.4 Å². The molecule has 0 spiro atoms. The van der Waals surface area contributed by atoms with Crippen molar-refractivity contribution in [3.63, 3.8) is 0 Å². The number of hydrogen-bond acceptors (Lipinski definition) is 5. The summed E-state index contributed by atoms with van der Waals surface area (Å²) in [5.74, 6) is -0.252. The Morgan fingerprint density at radius 1 is 1.24 bits per heavy atom. The monoisotopic (exact) mass is 390 g/mol. The molecule has 1 atom stereocenters. The lowest BCUT2D eigenvalue weighted by atomic mass is 10.1. The van der Waals surface area contributed by atoms with E-state index < -0.39 is 5.56 Å². The average Bonchev–Trinajstić information content (AvgIpc) is 3.04. The molecule has 0 radical (unpaired) electrons. The van der Waals surface area contributed by atoms with Gasteiger partial charge in [0.1, 0.15) is 12.1 Å². The molecule has 1 N–H and O–H groups in total. The molecule has 29 heavy (non-hydrogen) atoms. The van der Waals surface area contributed by atoms with E-state index in [0.717, 1.165) is 22.2 Å². The molecule has 0 aliphatic carbocycles. The second-order valence-electron chi connectivity index (χ2n) is 7.38. The number of furan rings is 1. The van der Waals surface area contributed by atoms with Gasteiger partial charge in [-0.2, -0.15) is 0 Å². The summed E-state index contributed by atoms with van der Waals surface area (Å²) in [6.07, 6.45) is 2.10. The van der Waals surface area contributed by atoms with Crippen LogP contribution in [0.4, 0.5) is 0 Å². The molecule has 4 rings (SSSR count). The third-order valence-electron chi connectivity index (χ3n) is 4.85. The van der Waals surface area contributed by atoms with Gasteiger partial charge in [-0.1, -0.05) is 30.3 Å². The number of hydrogen-bond donors (Lipinski definition) is 1. The molecule has 4 aromatic rings. The zero-order chi connectivity index (χ0) is 20.5. The Bertz CT molecular complexity index is 1260. The van der Waals surface area contributed by atoms with Crippen molar-refractivity contribution in [3.8, 4) is 0 Å². The van der Waals surface area contributed by atoms with Crippen molar-refractivity contribution >= 4 is 28.1 Å². The van der Waals surface area contributed by atoms with Gasteiger partial charge in [0.2, 0.25) is 17.2 Å². The first-order valence-corrected chi connectivity index (χ1v) is 9.51. The van der Waals surface area contributed by atoms with E-state index in [2.05, 4.69) is 15.3 Å². The lowest BCUT2D eigenvalue weighted by Gasteiger charge is -2.14. The van der Waals surface area contributed by atoms with Crippen LogP contribution in [0.2, 0.25) is 0 Å². The number of carbonyl (C=O) groups is 1. The highest BCUT2D eigenvalue weighted by molar-refractivity contribution is 6.02. The smallest absolute Gasteiger partial charge is 0.297 e. The molecule has 0 aliphatic heterocycles. The van der Waals surface area contributed by atoms with E-state index in [1.807, 2.05) is 57.2 Å². The normalized spacial score (nSPS) is 12.4. The minimum atomic E-state index is -0.393. The molecular formula is C22H22N4O3. The van der Waals surface area contributed by atoms with E-state index in [0.29, 0.717) is 17.7 Å². The van der Waals surface area contributed by atoms with Gasteiger partial charge in [-0.15, -0.1) is 0 Å². The second-order valence-corrected chi connectivity index (χ2v) is 7.38. The number of nitrogens with one attached hydrogen (secondary N) is 1. The molecule has 3 heterocycles. The van der Waals surface area contributed by atoms with Crippen LogP contribution in [0.5, 0.6) is 0 Å². The van der Waals surface area contributed by atoms with Gasteiger partial charge in [-0.3, -0.25) is 14.2 Å². The summed E-state index contributed by atoms with van der Waals surface area (Å²) < 4.78 is 6.95. The minimum absolute atomic E-state index is 0.0571. The third-order valence-corrected chi connectivity index (χ3v) is 4.85. The van der Waals surface area contributed by atoms with Gasteiger partial charge < -0.3 is 9.73 Å². The molecule has 1 amide bonds. The Hall–Kier alpha value is -3.48. The molecule has 0 saturated heterocycles. The number of pyridine rings is 1. The quantitative estimate of drug-likeness (QED) is 0.566. The van der Waals surface area contributed by atoms with Gasteiger partial charge >= 0.3 is 0 Å². The standard InChI is InChI=1S/C22H22N4O3/c1-13-9-14(2)25-21-18(13)19-20(29-21)22(28)26(12-23-19)11-17(27)24-15(3)10-16-7-5-4-6-8-16/h4-9,12,15H,10-11H2,1-3H3,(H,24,27). The maximum Gasteiger partial charge on any atom is 0.297 e. The summed E-state index contributed by atoms with van der Waals surface area (Å²) >= 11 is 0. The summed E-state index contributed by atoms with van der Waals surface area (Å²) in [6, 6.07) is 11.8. The summed E-state index contributed by atoms with van der Waals surface area (Å²) in [7, 11) is 0. The van der Waals surface area contributed by atoms with Crippen LogP contribution in [0.15, 0.2) is 51.9 Å². The number of carbonyl (C=O) groups excluding carboxylic acids is 1. The minimum Gasteiger partial charge on any atom is -0.430 e. The van der Waals surface area contributed by atoms with E-state index in [9.17, 15) is 9.59 Å². The Kier molecular flexibility index (Phi) is 4.88. The van der Waals surface area contributed by atoms with E-state index >= 15 is 0 Å². The van der Waals surface area contributed by atoms with E-state index in [1.54, 1.807) is 0 Å². The largest absolute Gasteiger partial charge is 0.430 e. The fourth-order valence-electron chi connectivity index (χ4n) is 3.61. The van der Waals surface area contributed by atoms with Crippen LogP contribution >= 0.6 is 0 Å². The van der Waals surface area contributed by atoms with Crippen molar-refractivity contribution in [1.29, 1.82) is 0 Å². The van der Waals surface area contributed by atoms with Crippen LogP contribution in [0, 0.1) is 13.8 Å². The topological polar surface area (TPSA) is 90.0 Å². The first kappa shape index (κ1) is 18.9. The van der Waals surface area contributed by atoms with Gasteiger partial charge in [0, 0.05) is 11.7 Å². The summed E-state index contributed by atoms with van der Waals surface area (Å²) in [6.45, 7) is 5.61. The number of rotatable bonds is 5. The maximum absolute atomic E-state index is 12.8. The fraction of sp³-hybridized carbons (Fsp3) is 0.273. The molecule has 148 valence electrons. The van der Waals surface area contributed by atoms with Crippen LogP contribution in [0.3, 0.4) is 0 Å². The Morgan fingerprint density at radius 3 is 2.76 bits per heavy atom. The third kappa shape index (κ3) is 3.76. The summed E-state index contributed by atoms with van der Waals surface area (Å²) in [5, 5.41) is 3.66. The predicted molar refractivity (Wildman–Crippen MR) is 111 cm³/mol. The molecule has 1 aromatic carbocycles. The number of aromatic nitrogens is 3. The van der Waals surface area contributed by atoms with Crippen molar-refractivity contribution in [2.45, 2.75) is 39.8 Å². The SMILES string of the molecule is Cc1cc(C)c2c(n1)oc1c(=O)n(CC(=O)NC(C)Cc3ccccc3)cnc12. The number of aryl methyl sites for hydroxylation is 2. The van der Waals surface area contributed by atoms with Crippen molar-refractivity contribution in [1.82, 2.24) is 19.9 Å². The number of fused-ring (bicyclic) bond motifs is 3. The van der Waals surface area contributed by atoms with E-state index in [4.69, 9.17) is 4.42 Å². The zero-order valence-electron chi connectivity index (χ0n) is 16.6. The summed E-state index contributed by atoms with van der Waals surface area (Å²) in [4.78, 5) is 34.0. The zero-order valence-corrected chi connectivity index (χ0v) is 16.6. The number of nitrogens with zero attached hydrogens (tertiary/aromatic N) is 3. The first-order valence-electron chi connectivity index (χ1n) is 9.51. The molecule has 0 bridgehead atoms. The highest BCUT2D eigenvalue weighted by Crippen LogP contribution is 2.26. The van der Waals surface area contributed by atoms with Gasteiger partial charge in [0.15, 0.2) is 0 Å². The molecular weight excluding hydrogens is 368 g/mol. The van der Waals surface area contributed by atoms with Crippen LogP contribution in [0.1, 0.15) is 23.7 Å². The molecule has 0 fully saturated rings. The van der Waals surface area contributed by atoms with Crippen LogP contribution in [0.25, 0.3) is 22.2 Å². The van der Waals surface area contributed by atoms with Crippen molar-refractivity contribution in [2.75, 3.05) is 0 Å². The Labute approximate surface area is 167 Å². The number of benzene rings is 1. The average molecular weight is 390 g/mol. The highest BCUT2D eigenvalue weighted by Gasteiger charge is 2.18. The van der Waals surface area contributed by atoms with E-state index in [-0.39, 0.29) is 24.1 Å². The highest BCUT2D eigenvalue weighted by atomic mass is 16.3. The molecule has 1 unspecified atom stereocenters. The second kappa shape index (κ2) is 7.50. The Balaban J connectivity index is 1.56. The maximum atomic E-state index is 12.8. The first-order chi connectivity index (χ1) is 13.9. The molecule has 0 aliphatic rings. The molecule has 0 saturated carbocycles. The summed E-state index contributed by atoms with van der Waals surface area (Å²) in [5.41, 5.74) is 3.49. The van der Waals surface area contributed by atoms with Gasteiger partial charge in [0.05, 0.1) is 11.7 Å². The van der Waals surface area contributed by atoms with Gasteiger partial charge in [-0.25, -0.2) is 9.97 Å². The van der Waals surface area contributed by atoms with Gasteiger partial charge in [0.25, 0.3) is 5.56 Å². The predicted octanol–water partition coefficient (Wildman–Crippen LogP) is 2.90.